The second kappa shape index (κ2) is 21.1. The molecular formula is C33H46N12O23P4S. The number of anilines is 2. The molecule has 35 nitrogen and oxygen atoms in total. The molecule has 0 bridgehead atoms. The molecule has 6 unspecified atom stereocenters. The van der Waals surface area contributed by atoms with Crippen LogP contribution < -0.4 is 37.7 Å². The van der Waals surface area contributed by atoms with Gasteiger partial charge in [-0.05, 0) is 11.4 Å². The van der Waals surface area contributed by atoms with Gasteiger partial charge in [0.2, 0.25) is 18.5 Å². The predicted molar refractivity (Wildman–Crippen MR) is 240 cm³/mol. The van der Waals surface area contributed by atoms with Crippen LogP contribution in [-0.4, -0.2) is 162 Å². The topological polar surface area (TPSA) is 501 Å². The number of aliphatic hydroxyl groups is 3. The average Bonchev–Trinajstić information content (AvgIpc) is 4.10. The van der Waals surface area contributed by atoms with Crippen LogP contribution in [0.4, 0.5) is 11.8 Å². The summed E-state index contributed by atoms with van der Waals surface area (Å²) in [5, 5.41) is 32.7. The zero-order valence-electron chi connectivity index (χ0n) is 37.7. The van der Waals surface area contributed by atoms with Gasteiger partial charge in [0.15, 0.2) is 23.9 Å². The van der Waals surface area contributed by atoms with Crippen LogP contribution in [0.5, 0.6) is 0 Å². The predicted octanol–water partition coefficient (Wildman–Crippen LogP) is -3.82. The summed E-state index contributed by atoms with van der Waals surface area (Å²) in [6.45, 7) is -7.78. The van der Waals surface area contributed by atoms with E-state index < -0.39 is 139 Å². The summed E-state index contributed by atoms with van der Waals surface area (Å²) in [4.78, 5) is 103. The first-order valence-electron chi connectivity index (χ1n) is 20.9. The Kier molecular flexibility index (Phi) is 15.9. The van der Waals surface area contributed by atoms with E-state index in [4.69, 9.17) is 44.2 Å². The van der Waals surface area contributed by atoms with Gasteiger partial charge in [-0.3, -0.25) is 33.2 Å². The fraction of sp³-hybridized carbons (Fsp3) is 0.576. The largest absolute Gasteiger partial charge is 0.778 e. The highest BCUT2D eigenvalue weighted by atomic mass is 32.7. The van der Waals surface area contributed by atoms with Gasteiger partial charge in [-0.2, -0.15) is 18.2 Å². The molecule has 3 saturated heterocycles. The molecule has 3 aliphatic rings. The quantitative estimate of drug-likeness (QED) is 0.0264. The van der Waals surface area contributed by atoms with E-state index >= 15 is 0 Å². The zero-order valence-corrected chi connectivity index (χ0v) is 42.1. The minimum atomic E-state index is -6.10. The number of ether oxygens (including phenoxy) is 5. The Bertz CT molecular complexity index is 3250. The molecule has 8 rings (SSSR count). The Morgan fingerprint density at radius 2 is 1.51 bits per heavy atom. The number of nitrogens with one attached hydrogen (secondary N) is 2. The maximum atomic E-state index is 14.2. The number of aryl methyl sites for hydroxylation is 1. The van der Waals surface area contributed by atoms with Crippen LogP contribution in [0.15, 0.2) is 45.6 Å². The smallest absolute Gasteiger partial charge is 0.488 e. The summed E-state index contributed by atoms with van der Waals surface area (Å²) in [6, 6.07) is 0.927. The van der Waals surface area contributed by atoms with E-state index in [-0.39, 0.29) is 52.1 Å². The Morgan fingerprint density at radius 3 is 2.21 bits per heavy atom. The molecule has 73 heavy (non-hydrogen) atoms. The third kappa shape index (κ3) is 11.4. The fourth-order valence-electron chi connectivity index (χ4n) is 8.46. The lowest BCUT2D eigenvalue weighted by Crippen LogP contribution is -2.40. The van der Waals surface area contributed by atoms with E-state index in [9.17, 15) is 67.5 Å². The Morgan fingerprint density at radius 1 is 0.822 bits per heavy atom. The van der Waals surface area contributed by atoms with Gasteiger partial charge in [0.25, 0.3) is 16.7 Å². The molecule has 402 valence electrons. The van der Waals surface area contributed by atoms with Gasteiger partial charge in [-0.15, -0.1) is 0 Å². The van der Waals surface area contributed by atoms with E-state index in [0.29, 0.717) is 0 Å². The lowest BCUT2D eigenvalue weighted by atomic mass is 9.99. The summed E-state index contributed by atoms with van der Waals surface area (Å²) >= 11 is -0.205. The molecular weight excluding hydrogens is 1090 g/mol. The van der Waals surface area contributed by atoms with Crippen LogP contribution in [0.2, 0.25) is 0 Å². The number of aromatic amines is 2. The number of fused-ring (bicyclic) bond motifs is 2. The lowest BCUT2D eigenvalue weighted by molar-refractivity contribution is -0.646. The maximum absolute atomic E-state index is 14.2. The number of aromatic nitrogens is 10. The molecule has 0 saturated carbocycles. The molecule has 0 aliphatic carbocycles. The summed E-state index contributed by atoms with van der Waals surface area (Å²) < 4.78 is 106. The van der Waals surface area contributed by atoms with Gasteiger partial charge in [0, 0.05) is 38.2 Å². The van der Waals surface area contributed by atoms with Crippen molar-refractivity contribution in [3.63, 3.8) is 0 Å². The molecule has 5 aromatic rings. The highest BCUT2D eigenvalue weighted by Gasteiger charge is 2.55. The summed E-state index contributed by atoms with van der Waals surface area (Å²) in [7, 11) is -13.5. The van der Waals surface area contributed by atoms with Gasteiger partial charge in [0.05, 0.1) is 51.1 Å². The van der Waals surface area contributed by atoms with E-state index in [2.05, 4.69) is 33.5 Å². The van der Waals surface area contributed by atoms with Gasteiger partial charge < -0.3 is 79.1 Å². The third-order valence-electron chi connectivity index (χ3n) is 11.7. The maximum Gasteiger partial charge on any atom is 0.488 e. The Labute approximate surface area is 410 Å². The van der Waals surface area contributed by atoms with Crippen molar-refractivity contribution in [2.45, 2.75) is 67.1 Å². The van der Waals surface area contributed by atoms with Crippen molar-refractivity contribution in [1.29, 1.82) is 0 Å². The van der Waals surface area contributed by atoms with Crippen molar-refractivity contribution >= 4 is 75.5 Å². The molecule has 3 fully saturated rings. The van der Waals surface area contributed by atoms with Crippen molar-refractivity contribution in [2.24, 2.45) is 13.0 Å². The fourth-order valence-corrected chi connectivity index (χ4v) is 16.3. The van der Waals surface area contributed by atoms with Gasteiger partial charge in [-0.25, -0.2) is 38.0 Å². The normalized spacial score (nSPS) is 30.9. The minimum Gasteiger partial charge on any atom is -0.778 e. The van der Waals surface area contributed by atoms with Crippen LogP contribution >= 0.6 is 41.4 Å². The number of hydrogen-bond acceptors (Lipinski definition) is 27. The van der Waals surface area contributed by atoms with Gasteiger partial charge >= 0.3 is 33.7 Å². The van der Waals surface area contributed by atoms with E-state index in [1.54, 1.807) is 0 Å². The molecule has 0 aromatic carbocycles. The molecule has 5 aromatic heterocycles. The molecule has 0 radical (unpaired) electrons. The number of methoxy groups -OCH3 is 2. The van der Waals surface area contributed by atoms with Crippen molar-refractivity contribution < 1.29 is 99.1 Å². The highest BCUT2D eigenvalue weighted by Crippen LogP contribution is 2.72. The average molecular weight is 1130 g/mol. The second-order valence-electron chi connectivity index (χ2n) is 16.3. The van der Waals surface area contributed by atoms with Crippen LogP contribution in [0.1, 0.15) is 18.7 Å². The Hall–Kier alpha value is -4.19. The van der Waals surface area contributed by atoms with E-state index in [1.807, 2.05) is 4.98 Å². The van der Waals surface area contributed by atoms with Crippen molar-refractivity contribution in [1.82, 2.24) is 43.6 Å². The number of hydrogen-bond donors (Lipinski definition) is 10. The van der Waals surface area contributed by atoms with Crippen LogP contribution in [0.3, 0.4) is 0 Å². The summed E-state index contributed by atoms with van der Waals surface area (Å²) in [5.41, 5.74) is 7.33. The molecule has 8 heterocycles. The monoisotopic (exact) mass is 1130 g/mol. The second-order valence-corrected chi connectivity index (χ2v) is 25.4. The Balaban J connectivity index is 0.957. The zero-order chi connectivity index (χ0) is 53.1. The van der Waals surface area contributed by atoms with Gasteiger partial charge in [-0.1, -0.05) is 0 Å². The number of phosphoric ester groups is 1. The number of H-pyrrole nitrogens is 2. The minimum absolute atomic E-state index is 0.00700. The van der Waals surface area contributed by atoms with E-state index in [1.165, 1.54) is 34.2 Å². The SMILES string of the molecule is COC[C@@H]1[C@@H](COP(=O)(O)OP(=O)(O)OP(=O)(O)SCC2O[C@@H](n3cnc4c(N)ncnc43)[C@H](OC)[C@@H]2P(=O)([O-])OC[C@H]2O[C@@H](n3ccc(=O)[nH]c3=O)[C@H](O)[C@@H]2O)OC(n2c[n+](C)c3c(=O)[nH]c(N)nc32)[C@@H]1O. The van der Waals surface area contributed by atoms with Crippen LogP contribution in [0.25, 0.3) is 22.3 Å². The number of aliphatic hydroxyl groups excluding tert-OH is 3. The lowest BCUT2D eigenvalue weighted by Gasteiger charge is -2.35. The molecule has 3 aliphatic heterocycles. The van der Waals surface area contributed by atoms with Crippen molar-refractivity contribution in [3.8, 4) is 0 Å². The highest BCUT2D eigenvalue weighted by molar-refractivity contribution is 8.55. The molecule has 0 amide bonds. The van der Waals surface area contributed by atoms with Crippen LogP contribution in [0, 0.1) is 5.92 Å². The number of imidazole rings is 2. The van der Waals surface area contributed by atoms with E-state index in [0.717, 1.165) is 36.6 Å². The van der Waals surface area contributed by atoms with Crippen molar-refractivity contribution in [2.75, 3.05) is 51.3 Å². The molecule has 0 spiro atoms. The number of rotatable bonds is 20. The first-order chi connectivity index (χ1) is 34.2. The number of nitrogens with zero attached hydrogens (tertiary/aromatic N) is 8. The number of phosphoric acid groups is 2. The van der Waals surface area contributed by atoms with Crippen molar-refractivity contribution in [3.05, 3.63) is 62.4 Å². The first-order valence-corrected chi connectivity index (χ1v) is 28.7. The summed E-state index contributed by atoms with van der Waals surface area (Å²) in [5.74, 6) is -2.30. The number of nitrogens with two attached hydrogens (primary N) is 2. The van der Waals surface area contributed by atoms with Crippen LogP contribution in [-0.2, 0) is 66.7 Å². The number of nitrogen functional groups attached to an aromatic ring is 2. The molecule has 12 N–H and O–H groups in total. The standard InChI is InChI=1S/C33H46N12O23P4S/c1-42-12-45(27-19(42)28(50)41-32(35)40-27)29-20(47)13(6-60-2)14(64-29)7-63-70(54,55)67-71(56,57)68-72(58,59)73-9-16-24(23(61-3)31(66-16)44-11-38-18-25(34)36-10-37-26(18)44)69(52,53)62-8-15-21(48)22(49)30(65-15)43-5-4-17(46)39-33(43)51/h4-5,10-16,20-24,29-31,47-49H,6-9H2,1-3H3,(H9-,34,35,36,37,39,40,41,46,50,51,52,53,54,55,56,57,58,59)/t13-,14-,15-,16?,20-,21-,22-,23-,24-,29?,30-,31-/m1/s1. The summed E-state index contributed by atoms with van der Waals surface area (Å²) in [6.07, 6.45) is -11.5. The van der Waals surface area contributed by atoms with Gasteiger partial charge in [0.1, 0.15) is 50.0 Å². The first kappa shape index (κ1) is 55.1. The molecule has 40 heteroatoms. The molecule has 16 atom stereocenters. The third-order valence-corrected chi connectivity index (χ3v) is 20.1.